The summed E-state index contributed by atoms with van der Waals surface area (Å²) in [5.41, 5.74) is 5.77. The number of allylic oxidation sites excluding steroid dienone is 2. The number of hydrogen-bond acceptors (Lipinski definition) is 5. The van der Waals surface area contributed by atoms with Gasteiger partial charge in [-0.05, 0) is 57.4 Å². The molecule has 3 heterocycles. The second-order valence-corrected chi connectivity index (χ2v) is 14.3. The monoisotopic (exact) mass is 697 g/mol. The fourth-order valence-corrected chi connectivity index (χ4v) is 8.64. The molecule has 0 saturated carbocycles. The maximum atomic E-state index is 6.74. The minimum atomic E-state index is 0.437. The highest BCUT2D eigenvalue weighted by Gasteiger charge is 2.22. The van der Waals surface area contributed by atoms with Crippen molar-refractivity contribution in [3.05, 3.63) is 193 Å². The van der Waals surface area contributed by atoms with Gasteiger partial charge < -0.3 is 4.42 Å². The van der Waals surface area contributed by atoms with Crippen molar-refractivity contribution in [2.24, 2.45) is 0 Å². The fraction of sp³-hybridized carbons (Fsp3) is 0.0208. The molecule has 250 valence electrons. The van der Waals surface area contributed by atoms with Crippen LogP contribution in [0.25, 0.3) is 81.0 Å². The van der Waals surface area contributed by atoms with Gasteiger partial charge in [0.15, 0.2) is 11.6 Å². The number of benzene rings is 7. The van der Waals surface area contributed by atoms with E-state index in [0.717, 1.165) is 60.0 Å². The number of aromatic nitrogens is 3. The van der Waals surface area contributed by atoms with Gasteiger partial charge in [0.25, 0.3) is 0 Å². The zero-order chi connectivity index (χ0) is 35.3. The molecule has 10 aromatic rings. The first-order valence-corrected chi connectivity index (χ1v) is 18.5. The Balaban J connectivity index is 1.18. The molecule has 10 rings (SSSR count). The molecule has 0 atom stereocenters. The highest BCUT2D eigenvalue weighted by Crippen LogP contribution is 2.40. The molecular formula is C48H31N3OS. The number of nitrogens with zero attached hydrogens (tertiary/aromatic N) is 3. The van der Waals surface area contributed by atoms with Crippen LogP contribution < -0.4 is 0 Å². The maximum absolute atomic E-state index is 6.74. The van der Waals surface area contributed by atoms with Crippen molar-refractivity contribution in [3.63, 3.8) is 0 Å². The predicted molar refractivity (Wildman–Crippen MR) is 221 cm³/mol. The minimum absolute atomic E-state index is 0.437. The Morgan fingerprint density at radius 2 is 1.28 bits per heavy atom. The Bertz CT molecular complexity index is 3080. The first-order chi connectivity index (χ1) is 26.2. The molecule has 0 radical (unpaired) electrons. The fourth-order valence-electron chi connectivity index (χ4n) is 7.43. The molecular weight excluding hydrogens is 667 g/mol. The van der Waals surface area contributed by atoms with Crippen LogP contribution in [-0.2, 0) is 6.42 Å². The van der Waals surface area contributed by atoms with Crippen LogP contribution in [0.3, 0.4) is 0 Å². The summed E-state index contributed by atoms with van der Waals surface area (Å²) in [6.07, 6.45) is 4.30. The summed E-state index contributed by atoms with van der Waals surface area (Å²) in [6.45, 7) is 4.08. The molecule has 53 heavy (non-hydrogen) atoms. The van der Waals surface area contributed by atoms with Crippen molar-refractivity contribution in [2.45, 2.75) is 6.42 Å². The maximum Gasteiger partial charge on any atom is 0.165 e. The van der Waals surface area contributed by atoms with E-state index < -0.39 is 0 Å². The lowest BCUT2D eigenvalue weighted by Crippen LogP contribution is -2.05. The Labute approximate surface area is 310 Å². The number of hydrogen-bond donors (Lipinski definition) is 0. The quantitative estimate of drug-likeness (QED) is 0.156. The summed E-state index contributed by atoms with van der Waals surface area (Å²) in [4.78, 5) is 15.6. The molecule has 0 aliphatic heterocycles. The molecule has 0 aliphatic rings. The molecule has 0 bridgehead atoms. The van der Waals surface area contributed by atoms with Gasteiger partial charge >= 0.3 is 0 Å². The lowest BCUT2D eigenvalue weighted by molar-refractivity contribution is 0.595. The Morgan fingerprint density at radius 3 is 2.11 bits per heavy atom. The topological polar surface area (TPSA) is 51.8 Å². The second-order valence-electron chi connectivity index (χ2n) is 13.2. The third-order valence-electron chi connectivity index (χ3n) is 9.96. The van der Waals surface area contributed by atoms with Crippen LogP contribution >= 0.6 is 11.3 Å². The van der Waals surface area contributed by atoms with Crippen LogP contribution in [-0.4, -0.2) is 15.0 Å². The first kappa shape index (κ1) is 31.1. The van der Waals surface area contributed by atoms with E-state index in [-0.39, 0.29) is 0 Å². The highest BCUT2D eigenvalue weighted by molar-refractivity contribution is 7.26. The average molecular weight is 698 g/mol. The third kappa shape index (κ3) is 5.50. The zero-order valence-corrected chi connectivity index (χ0v) is 29.5. The van der Waals surface area contributed by atoms with E-state index in [4.69, 9.17) is 19.4 Å². The van der Waals surface area contributed by atoms with Gasteiger partial charge in [0, 0.05) is 54.2 Å². The van der Waals surface area contributed by atoms with Gasteiger partial charge in [-0.25, -0.2) is 15.0 Å². The normalized spacial score (nSPS) is 12.0. The van der Waals surface area contributed by atoms with Crippen molar-refractivity contribution in [1.29, 1.82) is 0 Å². The highest BCUT2D eigenvalue weighted by atomic mass is 32.1. The van der Waals surface area contributed by atoms with Crippen LogP contribution in [0.1, 0.15) is 22.7 Å². The van der Waals surface area contributed by atoms with E-state index in [9.17, 15) is 0 Å². The molecule has 0 spiro atoms. The van der Waals surface area contributed by atoms with E-state index in [0.29, 0.717) is 23.9 Å². The molecule has 0 saturated heterocycles. The van der Waals surface area contributed by atoms with E-state index in [1.807, 2.05) is 24.3 Å². The predicted octanol–water partition coefficient (Wildman–Crippen LogP) is 12.8. The van der Waals surface area contributed by atoms with Crippen molar-refractivity contribution in [2.75, 3.05) is 0 Å². The summed E-state index contributed by atoms with van der Waals surface area (Å²) >= 11 is 1.78. The SMILES string of the molecule is C=C/C=C(/c1ccc2ccccc2c1)c1oc2ccccc2c1Cc1nc(-c2ccc3ccccc3c2)nc(-c2cccc3c2sc2ccccc23)n1. The molecule has 0 amide bonds. The molecule has 0 aliphatic carbocycles. The van der Waals surface area contributed by atoms with Crippen LogP contribution in [0.4, 0.5) is 0 Å². The van der Waals surface area contributed by atoms with Crippen LogP contribution in [0.15, 0.2) is 175 Å². The van der Waals surface area contributed by atoms with E-state index in [2.05, 4.69) is 146 Å². The Kier molecular flexibility index (Phi) is 7.52. The van der Waals surface area contributed by atoms with Crippen LogP contribution in [0.5, 0.6) is 0 Å². The number of para-hydroxylation sites is 1. The van der Waals surface area contributed by atoms with Gasteiger partial charge in [0.1, 0.15) is 17.2 Å². The summed E-state index contributed by atoms with van der Waals surface area (Å²) in [5.74, 6) is 2.74. The number of thiophene rings is 1. The average Bonchev–Trinajstić information content (AvgIpc) is 3.78. The minimum Gasteiger partial charge on any atom is -0.456 e. The van der Waals surface area contributed by atoms with Crippen LogP contribution in [0.2, 0.25) is 0 Å². The lowest BCUT2D eigenvalue weighted by atomic mass is 9.95. The van der Waals surface area contributed by atoms with Gasteiger partial charge in [-0.3, -0.25) is 0 Å². The van der Waals surface area contributed by atoms with E-state index >= 15 is 0 Å². The molecule has 0 unspecified atom stereocenters. The zero-order valence-electron chi connectivity index (χ0n) is 28.7. The second kappa shape index (κ2) is 12.8. The van der Waals surface area contributed by atoms with Crippen molar-refractivity contribution >= 4 is 69.6 Å². The van der Waals surface area contributed by atoms with Crippen molar-refractivity contribution < 1.29 is 4.42 Å². The smallest absolute Gasteiger partial charge is 0.165 e. The summed E-state index contributed by atoms with van der Waals surface area (Å²) in [6, 6.07) is 52.9. The number of rotatable bonds is 7. The lowest BCUT2D eigenvalue weighted by Gasteiger charge is -2.12. The molecule has 5 heteroatoms. The summed E-state index contributed by atoms with van der Waals surface area (Å²) < 4.78 is 9.14. The Hall–Kier alpha value is -6.69. The van der Waals surface area contributed by atoms with Crippen molar-refractivity contribution in [3.8, 4) is 22.8 Å². The molecule has 3 aromatic heterocycles. The molecule has 0 N–H and O–H groups in total. The van der Waals surface area contributed by atoms with E-state index in [1.54, 1.807) is 11.3 Å². The Morgan fingerprint density at radius 1 is 0.604 bits per heavy atom. The largest absolute Gasteiger partial charge is 0.456 e. The first-order valence-electron chi connectivity index (χ1n) is 17.7. The van der Waals surface area contributed by atoms with E-state index in [1.165, 1.54) is 26.2 Å². The summed E-state index contributed by atoms with van der Waals surface area (Å²) in [7, 11) is 0. The van der Waals surface area contributed by atoms with Gasteiger partial charge in [0.05, 0.1) is 0 Å². The van der Waals surface area contributed by atoms with Gasteiger partial charge in [-0.15, -0.1) is 11.3 Å². The molecule has 4 nitrogen and oxygen atoms in total. The van der Waals surface area contributed by atoms with Crippen molar-refractivity contribution in [1.82, 2.24) is 15.0 Å². The summed E-state index contributed by atoms with van der Waals surface area (Å²) in [5, 5.41) is 8.13. The van der Waals surface area contributed by atoms with Gasteiger partial charge in [-0.2, -0.15) is 0 Å². The number of furan rings is 1. The molecule has 7 aromatic carbocycles. The van der Waals surface area contributed by atoms with Crippen LogP contribution in [0, 0.1) is 0 Å². The van der Waals surface area contributed by atoms with Gasteiger partial charge in [0.2, 0.25) is 0 Å². The third-order valence-corrected chi connectivity index (χ3v) is 11.2. The number of fused-ring (bicyclic) bond motifs is 6. The molecule has 0 fully saturated rings. The standard InChI is InChI=1S/C48H31N3OS/c1-2-12-36(34-25-23-30-13-3-5-15-32(30)27-34)45-41(37-17-7-9-21-42(37)52-45)29-44-49-47(35-26-24-31-14-4-6-16-33(31)28-35)51-48(50-44)40-20-11-19-39-38-18-8-10-22-43(38)53-46(39)40/h2-28H,1,29H2/b36-12-. The van der Waals surface area contributed by atoms with Gasteiger partial charge in [-0.1, -0.05) is 140 Å².